The minimum atomic E-state index is -0.558. The van der Waals surface area contributed by atoms with Crippen molar-refractivity contribution in [3.8, 4) is 22.3 Å². The summed E-state index contributed by atoms with van der Waals surface area (Å²) in [6.45, 7) is 0.461. The highest BCUT2D eigenvalue weighted by molar-refractivity contribution is 7.13. The van der Waals surface area contributed by atoms with E-state index in [2.05, 4.69) is 20.3 Å². The molecule has 0 fully saturated rings. The van der Waals surface area contributed by atoms with E-state index in [1.165, 1.54) is 12.3 Å². The second-order valence-corrected chi connectivity index (χ2v) is 7.40. The fraction of sp³-hybridized carbons (Fsp3) is 0.143. The largest absolute Gasteiger partial charge is 0.494 e. The van der Waals surface area contributed by atoms with Crippen molar-refractivity contribution >= 4 is 34.2 Å². The number of fused-ring (bicyclic) bond motifs is 1. The van der Waals surface area contributed by atoms with Crippen LogP contribution in [-0.4, -0.2) is 47.0 Å². The summed E-state index contributed by atoms with van der Waals surface area (Å²) >= 11 is 1.55. The number of rotatable bonds is 8. The van der Waals surface area contributed by atoms with Gasteiger partial charge in [0.25, 0.3) is 5.91 Å². The average molecular weight is 437 g/mol. The van der Waals surface area contributed by atoms with Crippen LogP contribution in [-0.2, 0) is 0 Å². The third-order valence-electron chi connectivity index (χ3n) is 4.48. The van der Waals surface area contributed by atoms with Crippen molar-refractivity contribution in [2.75, 3.05) is 20.3 Å². The Morgan fingerprint density at radius 2 is 2.10 bits per heavy atom. The molecule has 3 heterocycles. The van der Waals surface area contributed by atoms with E-state index in [-0.39, 0.29) is 19.1 Å². The smallest absolute Gasteiger partial charge is 0.253 e. The van der Waals surface area contributed by atoms with Gasteiger partial charge in [-0.25, -0.2) is 9.97 Å². The monoisotopic (exact) mass is 437 g/mol. The number of benzene rings is 1. The zero-order chi connectivity index (χ0) is 21.8. The molecule has 3 aromatic heterocycles. The number of primary amides is 1. The van der Waals surface area contributed by atoms with Crippen molar-refractivity contribution in [1.29, 1.82) is 0 Å². The van der Waals surface area contributed by atoms with Crippen molar-refractivity contribution < 1.29 is 19.1 Å². The summed E-state index contributed by atoms with van der Waals surface area (Å²) in [6.07, 6.45) is 1.34. The Morgan fingerprint density at radius 3 is 2.77 bits per heavy atom. The van der Waals surface area contributed by atoms with Gasteiger partial charge in [0, 0.05) is 12.3 Å². The Balaban J connectivity index is 1.44. The molecule has 0 aliphatic rings. The van der Waals surface area contributed by atoms with Gasteiger partial charge < -0.3 is 25.5 Å². The van der Waals surface area contributed by atoms with Crippen LogP contribution >= 0.6 is 11.3 Å². The van der Waals surface area contributed by atoms with Crippen LogP contribution in [0.5, 0.6) is 11.6 Å². The number of nitrogens with zero attached hydrogens (tertiary/aromatic N) is 2. The van der Waals surface area contributed by atoms with E-state index < -0.39 is 5.91 Å². The zero-order valence-corrected chi connectivity index (χ0v) is 17.4. The van der Waals surface area contributed by atoms with Crippen LogP contribution in [0.4, 0.5) is 0 Å². The summed E-state index contributed by atoms with van der Waals surface area (Å²) in [6, 6.07) is 10.4. The molecule has 10 heteroatoms. The molecule has 9 nitrogen and oxygen atoms in total. The fourth-order valence-corrected chi connectivity index (χ4v) is 3.65. The van der Waals surface area contributed by atoms with E-state index in [4.69, 9.17) is 15.2 Å². The molecule has 0 saturated heterocycles. The van der Waals surface area contributed by atoms with Gasteiger partial charge in [-0.1, -0.05) is 6.07 Å². The van der Waals surface area contributed by atoms with Crippen LogP contribution in [0.25, 0.3) is 21.7 Å². The average Bonchev–Trinajstić information content (AvgIpc) is 3.46. The lowest BCUT2D eigenvalue weighted by molar-refractivity contribution is 0.0946. The Labute approximate surface area is 181 Å². The van der Waals surface area contributed by atoms with Crippen LogP contribution in [0.1, 0.15) is 20.7 Å². The predicted molar refractivity (Wildman–Crippen MR) is 117 cm³/mol. The minimum Gasteiger partial charge on any atom is -0.494 e. The molecule has 0 aliphatic carbocycles. The van der Waals surface area contributed by atoms with Gasteiger partial charge in [0.15, 0.2) is 0 Å². The standard InChI is InChI=1S/C21H19N5O4S/c1-29-14-6-5-13(17-18(14)26-20(25-17)15-3-2-10-31-15)21(28)23-8-9-30-16-7-4-12(11-24-16)19(22)27/h2-7,10-11H,8-9H2,1H3,(H2,22,27)(H,23,28)(H,25,26). The van der Waals surface area contributed by atoms with Crippen LogP contribution in [0.2, 0.25) is 0 Å². The number of methoxy groups -OCH3 is 1. The Hall–Kier alpha value is -3.92. The molecule has 0 atom stereocenters. The number of thiophene rings is 1. The molecule has 4 aromatic rings. The van der Waals surface area contributed by atoms with Crippen LogP contribution < -0.4 is 20.5 Å². The normalized spacial score (nSPS) is 10.7. The molecule has 31 heavy (non-hydrogen) atoms. The summed E-state index contributed by atoms with van der Waals surface area (Å²) in [5.74, 6) is 0.780. The molecule has 4 N–H and O–H groups in total. The van der Waals surface area contributed by atoms with Crippen molar-refractivity contribution in [1.82, 2.24) is 20.3 Å². The molecule has 0 unspecified atom stereocenters. The Morgan fingerprint density at radius 1 is 1.23 bits per heavy atom. The molecule has 0 saturated carbocycles. The number of aromatic nitrogens is 3. The van der Waals surface area contributed by atoms with E-state index in [1.54, 1.807) is 36.6 Å². The second kappa shape index (κ2) is 8.84. The third-order valence-corrected chi connectivity index (χ3v) is 5.36. The number of aromatic amines is 1. The number of nitrogens with two attached hydrogens (primary N) is 1. The molecule has 4 rings (SSSR count). The lowest BCUT2D eigenvalue weighted by Crippen LogP contribution is -2.28. The molecular weight excluding hydrogens is 418 g/mol. The molecular formula is C21H19N5O4S. The number of nitrogens with one attached hydrogen (secondary N) is 2. The molecule has 0 bridgehead atoms. The first kappa shape index (κ1) is 20.4. The number of imidazole rings is 1. The molecule has 1 aromatic carbocycles. The molecule has 0 spiro atoms. The number of pyridine rings is 1. The van der Waals surface area contributed by atoms with Gasteiger partial charge in [0.05, 0.1) is 29.7 Å². The van der Waals surface area contributed by atoms with E-state index in [1.807, 2.05) is 17.5 Å². The minimum absolute atomic E-state index is 0.203. The number of hydrogen-bond acceptors (Lipinski definition) is 7. The van der Waals surface area contributed by atoms with Gasteiger partial charge >= 0.3 is 0 Å². The van der Waals surface area contributed by atoms with Gasteiger partial charge in [-0.2, -0.15) is 0 Å². The lowest BCUT2D eigenvalue weighted by Gasteiger charge is -2.09. The first-order valence-electron chi connectivity index (χ1n) is 9.34. The molecule has 158 valence electrons. The van der Waals surface area contributed by atoms with Crippen molar-refractivity contribution in [3.63, 3.8) is 0 Å². The number of carbonyl (C=O) groups excluding carboxylic acids is 2. The maximum atomic E-state index is 12.8. The van der Waals surface area contributed by atoms with E-state index >= 15 is 0 Å². The topological polar surface area (TPSA) is 132 Å². The van der Waals surface area contributed by atoms with Crippen molar-refractivity contribution in [3.05, 3.63) is 59.1 Å². The maximum absolute atomic E-state index is 12.8. The predicted octanol–water partition coefficient (Wildman–Crippen LogP) is 2.60. The lowest BCUT2D eigenvalue weighted by atomic mass is 10.1. The Kier molecular flexibility index (Phi) is 5.80. The van der Waals surface area contributed by atoms with Gasteiger partial charge in [0.2, 0.25) is 11.8 Å². The summed E-state index contributed by atoms with van der Waals surface area (Å²) in [4.78, 5) is 36.6. The summed E-state index contributed by atoms with van der Waals surface area (Å²) < 4.78 is 10.9. The van der Waals surface area contributed by atoms with Crippen LogP contribution in [0.15, 0.2) is 48.0 Å². The third kappa shape index (κ3) is 4.33. The first-order chi connectivity index (χ1) is 15.1. The highest BCUT2D eigenvalue weighted by Crippen LogP contribution is 2.31. The van der Waals surface area contributed by atoms with Crippen LogP contribution in [0, 0.1) is 0 Å². The molecule has 0 radical (unpaired) electrons. The van der Waals surface area contributed by atoms with Gasteiger partial charge in [-0.3, -0.25) is 9.59 Å². The highest BCUT2D eigenvalue weighted by Gasteiger charge is 2.18. The maximum Gasteiger partial charge on any atom is 0.253 e. The van der Waals surface area contributed by atoms with E-state index in [0.717, 1.165) is 4.88 Å². The number of amides is 2. The number of hydrogen-bond donors (Lipinski definition) is 3. The van der Waals surface area contributed by atoms with E-state index in [0.29, 0.717) is 39.6 Å². The zero-order valence-electron chi connectivity index (χ0n) is 16.5. The highest BCUT2D eigenvalue weighted by atomic mass is 32.1. The van der Waals surface area contributed by atoms with Crippen molar-refractivity contribution in [2.24, 2.45) is 5.73 Å². The van der Waals surface area contributed by atoms with Crippen molar-refractivity contribution in [2.45, 2.75) is 0 Å². The van der Waals surface area contributed by atoms with Gasteiger partial charge in [-0.15, -0.1) is 11.3 Å². The molecule has 2 amide bonds. The fourth-order valence-electron chi connectivity index (χ4n) is 2.98. The SMILES string of the molecule is COc1ccc(C(=O)NCCOc2ccc(C(N)=O)cn2)c2nc(-c3cccs3)[nH]c12. The first-order valence-corrected chi connectivity index (χ1v) is 10.2. The number of carbonyl (C=O) groups is 2. The van der Waals surface area contributed by atoms with Gasteiger partial charge in [0.1, 0.15) is 29.2 Å². The quantitative estimate of drug-likeness (QED) is 0.363. The number of ether oxygens (including phenoxy) is 2. The summed E-state index contributed by atoms with van der Waals surface area (Å²) in [7, 11) is 1.57. The number of H-pyrrole nitrogens is 1. The van der Waals surface area contributed by atoms with Crippen LogP contribution in [0.3, 0.4) is 0 Å². The van der Waals surface area contributed by atoms with Gasteiger partial charge in [-0.05, 0) is 29.6 Å². The summed E-state index contributed by atoms with van der Waals surface area (Å²) in [5, 5.41) is 4.78. The Bertz CT molecular complexity index is 1220. The molecule has 0 aliphatic heterocycles. The summed E-state index contributed by atoms with van der Waals surface area (Å²) in [5.41, 5.74) is 7.10. The second-order valence-electron chi connectivity index (χ2n) is 6.46. The van der Waals surface area contributed by atoms with E-state index in [9.17, 15) is 9.59 Å².